The van der Waals surface area contributed by atoms with Crippen LogP contribution < -0.4 is 4.89 Å². The van der Waals surface area contributed by atoms with E-state index in [1.165, 1.54) is 167 Å². The van der Waals surface area contributed by atoms with Crippen LogP contribution in [0.25, 0.3) is 0 Å². The Morgan fingerprint density at radius 2 is 0.945 bits per heavy atom. The molecule has 2 unspecified atom stereocenters. The Balaban J connectivity index is 4.00. The van der Waals surface area contributed by atoms with Gasteiger partial charge in [0, 0.05) is 13.0 Å². The molecule has 0 aliphatic heterocycles. The van der Waals surface area contributed by atoms with Gasteiger partial charge < -0.3 is 27.9 Å². The summed E-state index contributed by atoms with van der Waals surface area (Å²) in [4.78, 5) is 24.9. The normalized spacial score (nSPS) is 13.8. The molecule has 0 amide bonds. The number of carbonyl (C=O) groups excluding carboxylic acids is 1. The minimum absolute atomic E-state index is 0.0293. The average molecular weight is 802 g/mol. The third-order valence-corrected chi connectivity index (χ3v) is 11.3. The fraction of sp³-hybridized carbons (Fsp3) is 0.935. The van der Waals surface area contributed by atoms with Gasteiger partial charge in [0.1, 0.15) is 19.3 Å². The molecule has 0 N–H and O–H groups in total. The molecule has 0 aromatic carbocycles. The smallest absolute Gasteiger partial charge is 0.306 e. The van der Waals surface area contributed by atoms with Crippen LogP contribution in [0.1, 0.15) is 219 Å². The summed E-state index contributed by atoms with van der Waals surface area (Å²) in [7, 11) is 1.37. The summed E-state index contributed by atoms with van der Waals surface area (Å²) in [6, 6.07) is 0. The maximum Gasteiger partial charge on any atom is 0.306 e. The van der Waals surface area contributed by atoms with Gasteiger partial charge in [0.2, 0.25) is 0 Å². The number of esters is 1. The summed E-state index contributed by atoms with van der Waals surface area (Å²) >= 11 is 0. The highest BCUT2D eigenvalue weighted by molar-refractivity contribution is 7.45. The first-order valence-corrected chi connectivity index (χ1v) is 24.9. The number of hydrogen-bond acceptors (Lipinski definition) is 7. The zero-order chi connectivity index (χ0) is 40.6. The zero-order valence-corrected chi connectivity index (χ0v) is 38.0. The second kappa shape index (κ2) is 40.0. The van der Waals surface area contributed by atoms with Crippen LogP contribution in [-0.2, 0) is 27.9 Å². The second-order valence-corrected chi connectivity index (χ2v) is 18.5. The van der Waals surface area contributed by atoms with Crippen LogP contribution in [0, 0.1) is 0 Å². The van der Waals surface area contributed by atoms with Gasteiger partial charge in [-0.25, -0.2) is 0 Å². The van der Waals surface area contributed by atoms with Crippen LogP contribution >= 0.6 is 7.82 Å². The van der Waals surface area contributed by atoms with Crippen LogP contribution in [0.2, 0.25) is 0 Å². The molecule has 0 aliphatic carbocycles. The number of carbonyl (C=O) groups is 1. The quantitative estimate of drug-likeness (QED) is 0.0199. The molecule has 0 aromatic heterocycles. The lowest BCUT2D eigenvalue weighted by molar-refractivity contribution is -0.870. The molecule has 0 bridgehead atoms. The monoisotopic (exact) mass is 802 g/mol. The van der Waals surface area contributed by atoms with Gasteiger partial charge in [-0.2, -0.15) is 0 Å². The van der Waals surface area contributed by atoms with E-state index in [1.54, 1.807) is 0 Å². The van der Waals surface area contributed by atoms with Crippen LogP contribution in [0.15, 0.2) is 12.2 Å². The van der Waals surface area contributed by atoms with E-state index in [9.17, 15) is 14.3 Å². The van der Waals surface area contributed by atoms with E-state index in [1.807, 2.05) is 21.1 Å². The molecule has 0 saturated carbocycles. The number of unbranched alkanes of at least 4 members (excludes halogenated alkanes) is 28. The molecule has 328 valence electrons. The van der Waals surface area contributed by atoms with Gasteiger partial charge in [-0.05, 0) is 38.5 Å². The second-order valence-electron chi connectivity index (χ2n) is 17.1. The fourth-order valence-corrected chi connectivity index (χ4v) is 7.39. The van der Waals surface area contributed by atoms with Crippen molar-refractivity contribution in [2.75, 3.05) is 54.1 Å². The van der Waals surface area contributed by atoms with Crippen molar-refractivity contribution in [1.29, 1.82) is 0 Å². The summed E-state index contributed by atoms with van der Waals surface area (Å²) in [5.74, 6) is -0.334. The Morgan fingerprint density at radius 3 is 1.38 bits per heavy atom. The Kier molecular flexibility index (Phi) is 39.5. The molecule has 2 atom stereocenters. The number of rotatable bonds is 44. The Labute approximate surface area is 341 Å². The predicted octanol–water partition coefficient (Wildman–Crippen LogP) is 13.2. The molecule has 0 saturated heterocycles. The van der Waals surface area contributed by atoms with Crippen LogP contribution in [0.4, 0.5) is 0 Å². The summed E-state index contributed by atoms with van der Waals surface area (Å²) in [6.45, 7) is 5.42. The van der Waals surface area contributed by atoms with Crippen LogP contribution in [0.5, 0.6) is 0 Å². The molecule has 8 nitrogen and oxygen atoms in total. The molecular weight excluding hydrogens is 709 g/mol. The predicted molar refractivity (Wildman–Crippen MR) is 231 cm³/mol. The van der Waals surface area contributed by atoms with E-state index >= 15 is 0 Å². The van der Waals surface area contributed by atoms with E-state index < -0.39 is 13.9 Å². The maximum atomic E-state index is 12.6. The van der Waals surface area contributed by atoms with E-state index in [0.717, 1.165) is 32.1 Å². The van der Waals surface area contributed by atoms with Crippen LogP contribution in [-0.4, -0.2) is 70.7 Å². The lowest BCUT2D eigenvalue weighted by atomic mass is 10.0. The Morgan fingerprint density at radius 1 is 0.545 bits per heavy atom. The van der Waals surface area contributed by atoms with Crippen molar-refractivity contribution < 1.29 is 37.3 Å². The third-order valence-electron chi connectivity index (χ3n) is 10.3. The molecule has 0 aliphatic rings. The highest BCUT2D eigenvalue weighted by Crippen LogP contribution is 2.38. The Hall–Kier alpha value is -0.760. The molecule has 0 radical (unpaired) electrons. The van der Waals surface area contributed by atoms with Crippen molar-refractivity contribution in [2.24, 2.45) is 0 Å². The average Bonchev–Trinajstić information content (AvgIpc) is 3.13. The molecule has 0 rings (SSSR count). The topological polar surface area (TPSA) is 94.1 Å². The number of allylic oxidation sites excluding steroid dienone is 2. The van der Waals surface area contributed by atoms with Gasteiger partial charge in [-0.15, -0.1) is 0 Å². The van der Waals surface area contributed by atoms with E-state index in [2.05, 4.69) is 26.0 Å². The number of phosphoric acid groups is 1. The first-order chi connectivity index (χ1) is 26.6. The van der Waals surface area contributed by atoms with Gasteiger partial charge in [-0.3, -0.25) is 9.36 Å². The highest BCUT2D eigenvalue weighted by atomic mass is 31.2. The van der Waals surface area contributed by atoms with E-state index in [0.29, 0.717) is 24.1 Å². The third kappa shape index (κ3) is 44.2. The standard InChI is InChI=1S/C46H92NO7P/c1-6-8-10-12-14-16-17-18-19-20-21-22-23-24-25-26-27-28-29-30-32-34-36-38-41-51-43-45(44-53-55(49,50)52-42-40-47(3,4)5)54-46(48)39-37-35-33-31-15-13-11-9-7-2/h20-21,45H,6-19,22-44H2,1-5H3/b21-20-. The van der Waals surface area contributed by atoms with E-state index in [-0.39, 0.29) is 25.8 Å². The summed E-state index contributed by atoms with van der Waals surface area (Å²) in [5, 5.41) is 0. The zero-order valence-electron chi connectivity index (χ0n) is 37.1. The SMILES string of the molecule is CCCCCCCCCC/C=C\CCCCCCCCCCCCCCOCC(COP(=O)([O-])OCC[N+](C)(C)C)OC(=O)CCCCCCCCCCC. The fourth-order valence-electron chi connectivity index (χ4n) is 6.66. The number of nitrogens with zero attached hydrogens (tertiary/aromatic N) is 1. The minimum Gasteiger partial charge on any atom is -0.756 e. The first kappa shape index (κ1) is 54.2. The number of likely N-dealkylation sites (N-methyl/N-ethyl adjacent to an activating group) is 1. The number of hydrogen-bond donors (Lipinski definition) is 0. The Bertz CT molecular complexity index is 894. The summed E-state index contributed by atoms with van der Waals surface area (Å²) < 4.78 is 34.5. The molecule has 0 aromatic rings. The first-order valence-electron chi connectivity index (χ1n) is 23.4. The number of phosphoric ester groups is 1. The van der Waals surface area contributed by atoms with E-state index in [4.69, 9.17) is 18.5 Å². The minimum atomic E-state index is -4.51. The van der Waals surface area contributed by atoms with Crippen molar-refractivity contribution in [2.45, 2.75) is 225 Å². The number of ether oxygens (including phenoxy) is 2. The van der Waals surface area contributed by atoms with Crippen molar-refractivity contribution in [3.05, 3.63) is 12.2 Å². The molecule has 55 heavy (non-hydrogen) atoms. The highest BCUT2D eigenvalue weighted by Gasteiger charge is 2.20. The van der Waals surface area contributed by atoms with Crippen molar-refractivity contribution in [3.63, 3.8) is 0 Å². The molecule has 0 heterocycles. The lowest BCUT2D eigenvalue weighted by Gasteiger charge is -2.28. The lowest BCUT2D eigenvalue weighted by Crippen LogP contribution is -2.37. The molecule has 0 spiro atoms. The molecular formula is C46H92NO7P. The maximum absolute atomic E-state index is 12.6. The largest absolute Gasteiger partial charge is 0.756 e. The van der Waals surface area contributed by atoms with Crippen molar-refractivity contribution in [3.8, 4) is 0 Å². The van der Waals surface area contributed by atoms with Crippen molar-refractivity contribution >= 4 is 13.8 Å². The van der Waals surface area contributed by atoms with Gasteiger partial charge in [0.25, 0.3) is 7.82 Å². The molecule has 0 fully saturated rings. The van der Waals surface area contributed by atoms with Crippen LogP contribution in [0.3, 0.4) is 0 Å². The summed E-state index contributed by atoms with van der Waals surface area (Å²) in [6.07, 6.45) is 43.9. The molecule has 9 heteroatoms. The van der Waals surface area contributed by atoms with Gasteiger partial charge in [-0.1, -0.05) is 187 Å². The number of quaternary nitrogens is 1. The van der Waals surface area contributed by atoms with Crippen molar-refractivity contribution in [1.82, 2.24) is 0 Å². The summed E-state index contributed by atoms with van der Waals surface area (Å²) in [5.41, 5.74) is 0. The van der Waals surface area contributed by atoms with Gasteiger partial charge >= 0.3 is 5.97 Å². The van der Waals surface area contributed by atoms with Gasteiger partial charge in [0.15, 0.2) is 0 Å². The van der Waals surface area contributed by atoms with Gasteiger partial charge in [0.05, 0.1) is 34.4 Å².